The molecule has 0 unspecified atom stereocenters. The Kier molecular flexibility index (Phi) is 1.72. The van der Waals surface area contributed by atoms with E-state index in [4.69, 9.17) is 4.74 Å². The van der Waals surface area contributed by atoms with E-state index in [9.17, 15) is 9.90 Å². The van der Waals surface area contributed by atoms with Crippen molar-refractivity contribution in [1.29, 1.82) is 0 Å². The zero-order valence-corrected chi connectivity index (χ0v) is 7.24. The maximum Gasteiger partial charge on any atom is 0.123 e. The number of ether oxygens (including phenoxy) is 1. The molecule has 1 aliphatic heterocycles. The lowest BCUT2D eigenvalue weighted by molar-refractivity contribution is -0.255. The topological polar surface area (TPSA) is 49.4 Å². The molecule has 0 fully saturated rings. The van der Waals surface area contributed by atoms with Gasteiger partial charge in [-0.3, -0.25) is 0 Å². The summed E-state index contributed by atoms with van der Waals surface area (Å²) in [5.41, 5.74) is 1.17. The van der Waals surface area contributed by atoms with Gasteiger partial charge in [-0.2, -0.15) is 0 Å². The molecule has 3 nitrogen and oxygen atoms in total. The van der Waals surface area contributed by atoms with Crippen molar-refractivity contribution in [3.63, 3.8) is 0 Å². The summed E-state index contributed by atoms with van der Waals surface area (Å²) in [6, 6.07) is 4.81. The Morgan fingerprint density at radius 2 is 2.38 bits per heavy atom. The maximum absolute atomic E-state index is 10.5. The quantitative estimate of drug-likeness (QED) is 0.622. The molecule has 0 bridgehead atoms. The summed E-state index contributed by atoms with van der Waals surface area (Å²) in [4.78, 5) is 10.5. The number of hydrogen-bond acceptors (Lipinski definition) is 3. The highest BCUT2D eigenvalue weighted by molar-refractivity contribution is 5.86. The van der Waals surface area contributed by atoms with Crippen LogP contribution in [0.1, 0.15) is 22.8 Å². The van der Waals surface area contributed by atoms with E-state index in [2.05, 4.69) is 0 Å². The molecule has 1 aromatic rings. The minimum absolute atomic E-state index is 0.145. The number of carbonyl (C=O) groups excluding carboxylic acids is 1. The van der Waals surface area contributed by atoms with Gasteiger partial charge in [0.05, 0.1) is 5.97 Å². The van der Waals surface area contributed by atoms with Crippen LogP contribution in [0.15, 0.2) is 18.2 Å². The number of benzene rings is 1. The number of hydrogen-bond donors (Lipinski definition) is 0. The Morgan fingerprint density at radius 1 is 1.62 bits per heavy atom. The molecule has 1 aliphatic rings. The van der Waals surface area contributed by atoms with Crippen molar-refractivity contribution in [1.82, 2.24) is 0 Å². The van der Waals surface area contributed by atoms with E-state index in [0.29, 0.717) is 0 Å². The fourth-order valence-corrected chi connectivity index (χ4v) is 1.55. The van der Waals surface area contributed by atoms with Crippen molar-refractivity contribution >= 4 is 5.97 Å². The van der Waals surface area contributed by atoms with Gasteiger partial charge in [0, 0.05) is 6.42 Å². The SMILES string of the molecule is C[C@H]1Cc2cc(C(=O)[O-])ccc2O1. The summed E-state index contributed by atoms with van der Waals surface area (Å²) < 4.78 is 5.43. The third kappa shape index (κ3) is 1.37. The number of carboxylic acid groups (broad SMARTS) is 1. The average Bonchev–Trinajstić information content (AvgIpc) is 2.42. The Hall–Kier alpha value is -1.51. The first-order chi connectivity index (χ1) is 6.16. The van der Waals surface area contributed by atoms with E-state index >= 15 is 0 Å². The van der Waals surface area contributed by atoms with Crippen molar-refractivity contribution in [3.8, 4) is 5.75 Å². The number of aromatic carboxylic acids is 1. The molecule has 13 heavy (non-hydrogen) atoms. The monoisotopic (exact) mass is 177 g/mol. The molecular formula is C10H9O3-. The molecule has 0 N–H and O–H groups in total. The molecule has 0 amide bonds. The lowest BCUT2D eigenvalue weighted by Crippen LogP contribution is -2.22. The van der Waals surface area contributed by atoms with E-state index in [1.165, 1.54) is 6.07 Å². The van der Waals surface area contributed by atoms with Gasteiger partial charge in [0.25, 0.3) is 0 Å². The molecule has 0 aromatic heterocycles. The van der Waals surface area contributed by atoms with Gasteiger partial charge in [0.2, 0.25) is 0 Å². The molecule has 3 heteroatoms. The van der Waals surface area contributed by atoms with Crippen LogP contribution in [-0.4, -0.2) is 12.1 Å². The van der Waals surface area contributed by atoms with Gasteiger partial charge in [-0.1, -0.05) is 0 Å². The smallest absolute Gasteiger partial charge is 0.123 e. The van der Waals surface area contributed by atoms with Crippen LogP contribution in [0.4, 0.5) is 0 Å². The molecule has 1 heterocycles. The minimum Gasteiger partial charge on any atom is -0.545 e. The first kappa shape index (κ1) is 8.10. The molecule has 1 aromatic carbocycles. The minimum atomic E-state index is -1.14. The van der Waals surface area contributed by atoms with Crippen LogP contribution in [0, 0.1) is 0 Å². The number of carbonyl (C=O) groups is 1. The molecule has 0 saturated carbocycles. The largest absolute Gasteiger partial charge is 0.545 e. The van der Waals surface area contributed by atoms with Crippen LogP contribution < -0.4 is 9.84 Å². The number of carboxylic acids is 1. The highest BCUT2D eigenvalue weighted by atomic mass is 16.5. The van der Waals surface area contributed by atoms with Crippen molar-refractivity contribution in [2.75, 3.05) is 0 Å². The van der Waals surface area contributed by atoms with Gasteiger partial charge >= 0.3 is 0 Å². The van der Waals surface area contributed by atoms with Crippen molar-refractivity contribution in [2.24, 2.45) is 0 Å². The fraction of sp³-hybridized carbons (Fsp3) is 0.300. The second-order valence-corrected chi connectivity index (χ2v) is 3.24. The van der Waals surface area contributed by atoms with Gasteiger partial charge in [0.1, 0.15) is 11.9 Å². The Bertz CT molecular complexity index is 357. The molecule has 0 aliphatic carbocycles. The predicted octanol–water partition coefficient (Wildman–Crippen LogP) is 0.373. The average molecular weight is 177 g/mol. The summed E-state index contributed by atoms with van der Waals surface area (Å²) in [6.07, 6.45) is 0.920. The van der Waals surface area contributed by atoms with Crippen LogP contribution >= 0.6 is 0 Å². The van der Waals surface area contributed by atoms with Crippen LogP contribution in [0.25, 0.3) is 0 Å². The van der Waals surface area contributed by atoms with Gasteiger partial charge in [0.15, 0.2) is 0 Å². The Morgan fingerprint density at radius 3 is 3.08 bits per heavy atom. The molecule has 0 radical (unpaired) electrons. The number of rotatable bonds is 1. The standard InChI is InChI=1S/C10H10O3/c1-6-4-8-5-7(10(11)12)2-3-9(8)13-6/h2-3,5-6H,4H2,1H3,(H,11,12)/p-1/t6-/m0/s1. The lowest BCUT2D eigenvalue weighted by Gasteiger charge is -2.04. The van der Waals surface area contributed by atoms with Crippen LogP contribution in [0.2, 0.25) is 0 Å². The molecule has 0 saturated heterocycles. The highest BCUT2D eigenvalue weighted by Crippen LogP contribution is 2.29. The zero-order valence-electron chi connectivity index (χ0n) is 7.24. The van der Waals surface area contributed by atoms with Crippen molar-refractivity contribution in [2.45, 2.75) is 19.4 Å². The Balaban J connectivity index is 2.40. The summed E-state index contributed by atoms with van der Waals surface area (Å²) >= 11 is 0. The summed E-state index contributed by atoms with van der Waals surface area (Å²) in [5, 5.41) is 10.5. The fourth-order valence-electron chi connectivity index (χ4n) is 1.55. The highest BCUT2D eigenvalue weighted by Gasteiger charge is 2.18. The van der Waals surface area contributed by atoms with Crippen LogP contribution in [0.5, 0.6) is 5.75 Å². The number of fused-ring (bicyclic) bond motifs is 1. The Labute approximate surface area is 76.0 Å². The van der Waals surface area contributed by atoms with E-state index in [-0.39, 0.29) is 11.7 Å². The second-order valence-electron chi connectivity index (χ2n) is 3.24. The first-order valence-corrected chi connectivity index (χ1v) is 4.18. The molecule has 2 rings (SSSR count). The third-order valence-corrected chi connectivity index (χ3v) is 2.13. The third-order valence-electron chi connectivity index (χ3n) is 2.13. The van der Waals surface area contributed by atoms with Gasteiger partial charge in [-0.05, 0) is 36.2 Å². The summed E-state index contributed by atoms with van der Waals surface area (Å²) in [6.45, 7) is 1.96. The van der Waals surface area contributed by atoms with E-state index < -0.39 is 5.97 Å². The van der Waals surface area contributed by atoms with E-state index in [1.54, 1.807) is 12.1 Å². The molecule has 1 atom stereocenters. The van der Waals surface area contributed by atoms with Crippen molar-refractivity contribution < 1.29 is 14.6 Å². The predicted molar refractivity (Wildman–Crippen MR) is 44.6 cm³/mol. The van der Waals surface area contributed by atoms with Crippen LogP contribution in [0.3, 0.4) is 0 Å². The zero-order chi connectivity index (χ0) is 9.42. The molecular weight excluding hydrogens is 168 g/mol. The van der Waals surface area contributed by atoms with Gasteiger partial charge in [-0.25, -0.2) is 0 Å². The van der Waals surface area contributed by atoms with E-state index in [0.717, 1.165) is 17.7 Å². The normalized spacial score (nSPS) is 19.3. The van der Waals surface area contributed by atoms with Gasteiger partial charge < -0.3 is 14.6 Å². The second kappa shape index (κ2) is 2.76. The lowest BCUT2D eigenvalue weighted by atomic mass is 10.1. The van der Waals surface area contributed by atoms with Crippen LogP contribution in [-0.2, 0) is 6.42 Å². The summed E-state index contributed by atoms with van der Waals surface area (Å²) in [5.74, 6) is -0.347. The first-order valence-electron chi connectivity index (χ1n) is 4.18. The summed E-state index contributed by atoms with van der Waals surface area (Å²) in [7, 11) is 0. The van der Waals surface area contributed by atoms with E-state index in [1.807, 2.05) is 6.92 Å². The molecule has 0 spiro atoms. The van der Waals surface area contributed by atoms with Crippen molar-refractivity contribution in [3.05, 3.63) is 29.3 Å². The van der Waals surface area contributed by atoms with Gasteiger partial charge in [-0.15, -0.1) is 0 Å². The maximum atomic E-state index is 10.5. The molecule has 68 valence electrons.